The zero-order chi connectivity index (χ0) is 11.4. The molecule has 0 aromatic rings. The summed E-state index contributed by atoms with van der Waals surface area (Å²) in [6, 6.07) is 0. The maximum absolute atomic E-state index is 12.0. The van der Waals surface area contributed by atoms with Gasteiger partial charge >= 0.3 is 0 Å². The lowest BCUT2D eigenvalue weighted by atomic mass is 10.2. The Kier molecular flexibility index (Phi) is 3.74. The van der Waals surface area contributed by atoms with E-state index in [-0.39, 0.29) is 5.91 Å². The van der Waals surface area contributed by atoms with Gasteiger partial charge < -0.3 is 19.3 Å². The minimum Gasteiger partial charge on any atom is -0.378 e. The van der Waals surface area contributed by atoms with Gasteiger partial charge in [-0.2, -0.15) is 0 Å². The summed E-state index contributed by atoms with van der Waals surface area (Å²) < 4.78 is 10.6. The molecular formula is C10H16N2O4. The molecule has 0 spiro atoms. The number of rotatable bonds is 2. The van der Waals surface area contributed by atoms with E-state index >= 15 is 0 Å². The van der Waals surface area contributed by atoms with E-state index in [1.165, 1.54) is 0 Å². The molecule has 0 N–H and O–H groups in total. The Morgan fingerprint density at radius 1 is 1.19 bits per heavy atom. The van der Waals surface area contributed by atoms with Crippen molar-refractivity contribution >= 4 is 12.3 Å². The summed E-state index contributed by atoms with van der Waals surface area (Å²) in [6.45, 7) is 3.74. The predicted octanol–water partition coefficient (Wildman–Crippen LogP) is -1.30. The van der Waals surface area contributed by atoms with Crippen LogP contribution < -0.4 is 0 Å². The maximum Gasteiger partial charge on any atom is 0.253 e. The van der Waals surface area contributed by atoms with Crippen molar-refractivity contribution < 1.29 is 19.1 Å². The monoisotopic (exact) mass is 228 g/mol. The van der Waals surface area contributed by atoms with Gasteiger partial charge in [0.25, 0.3) is 5.91 Å². The largest absolute Gasteiger partial charge is 0.378 e. The number of ether oxygens (including phenoxy) is 2. The average molecular weight is 228 g/mol. The molecule has 1 atom stereocenters. The van der Waals surface area contributed by atoms with Gasteiger partial charge in [0.2, 0.25) is 6.41 Å². The first-order chi connectivity index (χ1) is 7.81. The van der Waals surface area contributed by atoms with Crippen molar-refractivity contribution in [3.8, 4) is 0 Å². The fourth-order valence-corrected chi connectivity index (χ4v) is 1.90. The molecule has 0 saturated carbocycles. The Hall–Kier alpha value is -1.14. The van der Waals surface area contributed by atoms with Crippen LogP contribution in [0.5, 0.6) is 0 Å². The van der Waals surface area contributed by atoms with E-state index in [0.717, 1.165) is 6.41 Å². The van der Waals surface area contributed by atoms with E-state index in [9.17, 15) is 9.59 Å². The van der Waals surface area contributed by atoms with Gasteiger partial charge in [-0.25, -0.2) is 0 Å². The van der Waals surface area contributed by atoms with Crippen LogP contribution in [0.3, 0.4) is 0 Å². The number of hydrogen-bond acceptors (Lipinski definition) is 4. The van der Waals surface area contributed by atoms with Gasteiger partial charge in [-0.05, 0) is 0 Å². The van der Waals surface area contributed by atoms with E-state index < -0.39 is 6.10 Å². The molecule has 2 rings (SSSR count). The first-order valence-corrected chi connectivity index (χ1v) is 5.49. The van der Waals surface area contributed by atoms with E-state index in [1.54, 1.807) is 9.80 Å². The van der Waals surface area contributed by atoms with Gasteiger partial charge in [-0.3, -0.25) is 9.59 Å². The Labute approximate surface area is 94.1 Å². The van der Waals surface area contributed by atoms with Crippen molar-refractivity contribution in [1.29, 1.82) is 0 Å². The van der Waals surface area contributed by atoms with Crippen LogP contribution in [0.15, 0.2) is 0 Å². The molecule has 6 nitrogen and oxygen atoms in total. The second-order valence-corrected chi connectivity index (χ2v) is 3.90. The van der Waals surface area contributed by atoms with Crippen LogP contribution in [0.1, 0.15) is 0 Å². The minimum absolute atomic E-state index is 0.0325. The second kappa shape index (κ2) is 5.27. The third-order valence-electron chi connectivity index (χ3n) is 2.85. The summed E-state index contributed by atoms with van der Waals surface area (Å²) in [4.78, 5) is 26.0. The molecule has 0 aliphatic carbocycles. The second-order valence-electron chi connectivity index (χ2n) is 3.90. The van der Waals surface area contributed by atoms with Crippen molar-refractivity contribution in [1.82, 2.24) is 9.80 Å². The third kappa shape index (κ3) is 2.51. The van der Waals surface area contributed by atoms with Crippen LogP contribution in [0, 0.1) is 0 Å². The molecular weight excluding hydrogens is 212 g/mol. The Morgan fingerprint density at radius 3 is 2.62 bits per heavy atom. The van der Waals surface area contributed by atoms with Crippen LogP contribution in [0.4, 0.5) is 0 Å². The maximum atomic E-state index is 12.0. The Bertz CT molecular complexity index is 266. The van der Waals surface area contributed by atoms with Crippen molar-refractivity contribution in [3.05, 3.63) is 0 Å². The SMILES string of the molecule is O=CN1CCOC(C(=O)N2CCOCC2)C1. The molecule has 2 fully saturated rings. The summed E-state index contributed by atoms with van der Waals surface area (Å²) in [5, 5.41) is 0. The van der Waals surface area contributed by atoms with Crippen LogP contribution in [-0.4, -0.2) is 74.2 Å². The van der Waals surface area contributed by atoms with Crippen LogP contribution in [0.2, 0.25) is 0 Å². The van der Waals surface area contributed by atoms with E-state index in [2.05, 4.69) is 0 Å². The molecule has 0 aromatic heterocycles. The van der Waals surface area contributed by atoms with Crippen molar-refractivity contribution in [2.24, 2.45) is 0 Å². The van der Waals surface area contributed by atoms with Crippen molar-refractivity contribution in [3.63, 3.8) is 0 Å². The lowest BCUT2D eigenvalue weighted by Gasteiger charge is -2.34. The Morgan fingerprint density at radius 2 is 1.94 bits per heavy atom. The molecule has 2 aliphatic rings. The smallest absolute Gasteiger partial charge is 0.253 e. The normalized spacial score (nSPS) is 26.6. The lowest BCUT2D eigenvalue weighted by Crippen LogP contribution is -2.53. The molecule has 6 heteroatoms. The molecule has 0 radical (unpaired) electrons. The van der Waals surface area contributed by atoms with E-state index in [1.807, 2.05) is 0 Å². The molecule has 2 amide bonds. The average Bonchev–Trinajstić information content (AvgIpc) is 2.39. The van der Waals surface area contributed by atoms with Crippen molar-refractivity contribution in [2.45, 2.75) is 6.10 Å². The zero-order valence-electron chi connectivity index (χ0n) is 9.13. The van der Waals surface area contributed by atoms with E-state index in [4.69, 9.17) is 9.47 Å². The standard InChI is InChI=1S/C10H16N2O4/c13-8-11-1-6-16-9(7-11)10(14)12-2-4-15-5-3-12/h8-9H,1-7H2. The summed E-state index contributed by atoms with van der Waals surface area (Å²) in [5.41, 5.74) is 0. The molecule has 16 heavy (non-hydrogen) atoms. The predicted molar refractivity (Wildman–Crippen MR) is 54.8 cm³/mol. The molecule has 0 aromatic carbocycles. The topological polar surface area (TPSA) is 59.1 Å². The number of hydrogen-bond donors (Lipinski definition) is 0. The number of amides is 2. The van der Waals surface area contributed by atoms with Gasteiger partial charge in [0.05, 0.1) is 26.4 Å². The molecule has 2 aliphatic heterocycles. The molecule has 2 heterocycles. The lowest BCUT2D eigenvalue weighted by molar-refractivity contribution is -0.154. The summed E-state index contributed by atoms with van der Waals surface area (Å²) in [5.74, 6) is -0.0325. The number of nitrogens with zero attached hydrogens (tertiary/aromatic N) is 2. The van der Waals surface area contributed by atoms with Crippen LogP contribution in [-0.2, 0) is 19.1 Å². The highest BCUT2D eigenvalue weighted by Gasteiger charge is 2.30. The highest BCUT2D eigenvalue weighted by Crippen LogP contribution is 2.08. The first-order valence-electron chi connectivity index (χ1n) is 5.49. The van der Waals surface area contributed by atoms with Crippen LogP contribution >= 0.6 is 0 Å². The van der Waals surface area contributed by atoms with Gasteiger partial charge in [-0.1, -0.05) is 0 Å². The quantitative estimate of drug-likeness (QED) is 0.551. The van der Waals surface area contributed by atoms with Gasteiger partial charge in [-0.15, -0.1) is 0 Å². The molecule has 90 valence electrons. The zero-order valence-corrected chi connectivity index (χ0v) is 9.13. The van der Waals surface area contributed by atoms with Crippen molar-refractivity contribution in [2.75, 3.05) is 46.0 Å². The fraction of sp³-hybridized carbons (Fsp3) is 0.800. The number of carbonyl (C=O) groups is 2. The Balaban J connectivity index is 1.90. The summed E-state index contributed by atoms with van der Waals surface area (Å²) in [6.07, 6.45) is 0.263. The first kappa shape index (κ1) is 11.3. The fourth-order valence-electron chi connectivity index (χ4n) is 1.90. The molecule has 0 bridgehead atoms. The summed E-state index contributed by atoms with van der Waals surface area (Å²) in [7, 11) is 0. The number of morpholine rings is 2. The number of carbonyl (C=O) groups excluding carboxylic acids is 2. The highest BCUT2D eigenvalue weighted by molar-refractivity contribution is 5.81. The van der Waals surface area contributed by atoms with Gasteiger partial charge in [0, 0.05) is 19.6 Å². The summed E-state index contributed by atoms with van der Waals surface area (Å²) >= 11 is 0. The molecule has 1 unspecified atom stereocenters. The highest BCUT2D eigenvalue weighted by atomic mass is 16.5. The van der Waals surface area contributed by atoms with E-state index in [0.29, 0.717) is 46.0 Å². The molecule has 2 saturated heterocycles. The third-order valence-corrected chi connectivity index (χ3v) is 2.85. The van der Waals surface area contributed by atoms with Crippen LogP contribution in [0.25, 0.3) is 0 Å². The minimum atomic E-state index is -0.503. The van der Waals surface area contributed by atoms with Gasteiger partial charge in [0.15, 0.2) is 6.10 Å². The van der Waals surface area contributed by atoms with Gasteiger partial charge in [0.1, 0.15) is 0 Å².